The maximum absolute atomic E-state index is 11.6. The second kappa shape index (κ2) is 6.55. The minimum Gasteiger partial charge on any atom is -0.350 e. The molecular weight excluding hydrogens is 262 g/mol. The van der Waals surface area contributed by atoms with Crippen LogP contribution in [0.4, 0.5) is 0 Å². The Morgan fingerprint density at radius 3 is 2.63 bits per heavy atom. The number of benzene rings is 1. The van der Waals surface area contributed by atoms with Gasteiger partial charge in [-0.15, -0.1) is 0 Å². The zero-order chi connectivity index (χ0) is 14.5. The van der Waals surface area contributed by atoms with Gasteiger partial charge in [0, 0.05) is 17.1 Å². The molecule has 0 saturated heterocycles. The standard InChI is InChI=1S/C14H18ClN3O/c1-14(2,3)18-13(19)9-17-8-11-5-4-10(7-16)6-12(11)15/h4-6,17H,8-9H2,1-3H3,(H,18,19). The van der Waals surface area contributed by atoms with Gasteiger partial charge in [0.05, 0.1) is 18.2 Å². The van der Waals surface area contributed by atoms with E-state index in [1.807, 2.05) is 26.8 Å². The van der Waals surface area contributed by atoms with Crippen LogP contribution in [0.15, 0.2) is 18.2 Å². The average molecular weight is 280 g/mol. The van der Waals surface area contributed by atoms with Crippen molar-refractivity contribution >= 4 is 17.5 Å². The van der Waals surface area contributed by atoms with Crippen LogP contribution in [-0.2, 0) is 11.3 Å². The van der Waals surface area contributed by atoms with E-state index in [0.717, 1.165) is 5.56 Å². The van der Waals surface area contributed by atoms with E-state index in [0.29, 0.717) is 17.1 Å². The maximum atomic E-state index is 11.6. The largest absolute Gasteiger partial charge is 0.350 e. The molecule has 19 heavy (non-hydrogen) atoms. The quantitative estimate of drug-likeness (QED) is 0.888. The smallest absolute Gasteiger partial charge is 0.234 e. The van der Waals surface area contributed by atoms with Crippen LogP contribution < -0.4 is 10.6 Å². The van der Waals surface area contributed by atoms with Crippen molar-refractivity contribution in [3.05, 3.63) is 34.3 Å². The number of hydrogen-bond donors (Lipinski definition) is 2. The van der Waals surface area contributed by atoms with Crippen LogP contribution in [-0.4, -0.2) is 18.0 Å². The van der Waals surface area contributed by atoms with Gasteiger partial charge in [0.25, 0.3) is 0 Å². The molecular formula is C14H18ClN3O. The summed E-state index contributed by atoms with van der Waals surface area (Å²) in [5.41, 5.74) is 1.16. The minimum absolute atomic E-state index is 0.0581. The molecule has 2 N–H and O–H groups in total. The molecule has 1 amide bonds. The lowest BCUT2D eigenvalue weighted by Crippen LogP contribution is -2.44. The molecule has 1 aromatic rings. The van der Waals surface area contributed by atoms with Gasteiger partial charge in [0.15, 0.2) is 0 Å². The summed E-state index contributed by atoms with van der Waals surface area (Å²) in [4.78, 5) is 11.6. The molecule has 0 heterocycles. The molecule has 0 fully saturated rings. The van der Waals surface area contributed by atoms with E-state index in [1.165, 1.54) is 0 Å². The van der Waals surface area contributed by atoms with Gasteiger partial charge in [0.2, 0.25) is 5.91 Å². The van der Waals surface area contributed by atoms with Gasteiger partial charge < -0.3 is 10.6 Å². The zero-order valence-corrected chi connectivity index (χ0v) is 12.1. The van der Waals surface area contributed by atoms with E-state index < -0.39 is 0 Å². The van der Waals surface area contributed by atoms with Crippen molar-refractivity contribution in [3.8, 4) is 6.07 Å². The number of hydrogen-bond acceptors (Lipinski definition) is 3. The lowest BCUT2D eigenvalue weighted by Gasteiger charge is -2.20. The van der Waals surface area contributed by atoms with Gasteiger partial charge >= 0.3 is 0 Å². The molecule has 0 saturated carbocycles. The second-order valence-electron chi connectivity index (χ2n) is 5.32. The number of nitriles is 1. The van der Waals surface area contributed by atoms with E-state index in [-0.39, 0.29) is 18.0 Å². The first-order chi connectivity index (χ1) is 8.81. The van der Waals surface area contributed by atoms with Gasteiger partial charge in [-0.05, 0) is 38.5 Å². The fraction of sp³-hybridized carbons (Fsp3) is 0.429. The molecule has 0 bridgehead atoms. The van der Waals surface area contributed by atoms with Crippen molar-refractivity contribution in [3.63, 3.8) is 0 Å². The first-order valence-corrected chi connectivity index (χ1v) is 6.40. The summed E-state index contributed by atoms with van der Waals surface area (Å²) in [5, 5.41) is 15.1. The molecule has 0 radical (unpaired) electrons. The number of carbonyl (C=O) groups excluding carboxylic acids is 1. The summed E-state index contributed by atoms with van der Waals surface area (Å²) in [6.45, 7) is 6.52. The number of halogens is 1. The first-order valence-electron chi connectivity index (χ1n) is 6.02. The number of nitrogens with one attached hydrogen (secondary N) is 2. The minimum atomic E-state index is -0.231. The number of rotatable bonds is 4. The highest BCUT2D eigenvalue weighted by Gasteiger charge is 2.13. The van der Waals surface area contributed by atoms with Crippen molar-refractivity contribution < 1.29 is 4.79 Å². The highest BCUT2D eigenvalue weighted by Crippen LogP contribution is 2.17. The normalized spacial score (nSPS) is 10.9. The van der Waals surface area contributed by atoms with Crippen LogP contribution in [0.3, 0.4) is 0 Å². The Bertz CT molecular complexity index is 500. The Balaban J connectivity index is 2.46. The van der Waals surface area contributed by atoms with Crippen molar-refractivity contribution in [1.29, 1.82) is 5.26 Å². The van der Waals surface area contributed by atoms with Crippen molar-refractivity contribution in [2.45, 2.75) is 32.9 Å². The molecule has 1 rings (SSSR count). The van der Waals surface area contributed by atoms with Crippen molar-refractivity contribution in [2.24, 2.45) is 0 Å². The van der Waals surface area contributed by atoms with Gasteiger partial charge in [-0.25, -0.2) is 0 Å². The highest BCUT2D eigenvalue weighted by molar-refractivity contribution is 6.31. The first kappa shape index (κ1) is 15.5. The van der Waals surface area contributed by atoms with E-state index in [4.69, 9.17) is 16.9 Å². The van der Waals surface area contributed by atoms with Crippen LogP contribution in [0.5, 0.6) is 0 Å². The molecule has 5 heteroatoms. The molecule has 0 aliphatic rings. The van der Waals surface area contributed by atoms with E-state index in [2.05, 4.69) is 10.6 Å². The lowest BCUT2D eigenvalue weighted by molar-refractivity contribution is -0.121. The summed E-state index contributed by atoms with van der Waals surface area (Å²) < 4.78 is 0. The molecule has 0 aromatic heterocycles. The Labute approximate surface area is 118 Å². The Morgan fingerprint density at radius 1 is 1.42 bits per heavy atom. The third kappa shape index (κ3) is 5.73. The van der Waals surface area contributed by atoms with Gasteiger partial charge in [-0.1, -0.05) is 17.7 Å². The van der Waals surface area contributed by atoms with E-state index in [9.17, 15) is 4.79 Å². The fourth-order valence-electron chi connectivity index (χ4n) is 1.53. The predicted molar refractivity (Wildman–Crippen MR) is 75.8 cm³/mol. The lowest BCUT2D eigenvalue weighted by atomic mass is 10.1. The summed E-state index contributed by atoms with van der Waals surface area (Å²) in [7, 11) is 0. The molecule has 0 aliphatic carbocycles. The second-order valence-corrected chi connectivity index (χ2v) is 5.73. The Kier molecular flexibility index (Phi) is 5.34. The molecule has 4 nitrogen and oxygen atoms in total. The molecule has 102 valence electrons. The highest BCUT2D eigenvalue weighted by atomic mass is 35.5. The van der Waals surface area contributed by atoms with Gasteiger partial charge in [-0.2, -0.15) is 5.26 Å². The van der Waals surface area contributed by atoms with Crippen molar-refractivity contribution in [1.82, 2.24) is 10.6 Å². The summed E-state index contributed by atoms with van der Waals surface area (Å²) >= 11 is 6.04. The number of nitrogens with zero attached hydrogens (tertiary/aromatic N) is 1. The molecule has 0 spiro atoms. The summed E-state index contributed by atoms with van der Waals surface area (Å²) in [6.07, 6.45) is 0. The van der Waals surface area contributed by atoms with Crippen molar-refractivity contribution in [2.75, 3.05) is 6.54 Å². The van der Waals surface area contributed by atoms with Gasteiger partial charge in [0.1, 0.15) is 0 Å². The predicted octanol–water partition coefficient (Wildman–Crippen LogP) is 2.22. The van der Waals surface area contributed by atoms with E-state index >= 15 is 0 Å². The third-order valence-electron chi connectivity index (χ3n) is 2.30. The average Bonchev–Trinajstić information content (AvgIpc) is 2.28. The van der Waals surface area contributed by atoms with Crippen LogP contribution in [0.2, 0.25) is 5.02 Å². The fourth-order valence-corrected chi connectivity index (χ4v) is 1.78. The monoisotopic (exact) mass is 279 g/mol. The zero-order valence-electron chi connectivity index (χ0n) is 11.4. The third-order valence-corrected chi connectivity index (χ3v) is 2.65. The van der Waals surface area contributed by atoms with E-state index in [1.54, 1.807) is 18.2 Å². The molecule has 0 aliphatic heterocycles. The summed E-state index contributed by atoms with van der Waals surface area (Å²) in [6, 6.07) is 7.14. The molecule has 0 unspecified atom stereocenters. The molecule has 0 atom stereocenters. The topological polar surface area (TPSA) is 64.9 Å². The Hall–Kier alpha value is -1.57. The van der Waals surface area contributed by atoms with Gasteiger partial charge in [-0.3, -0.25) is 4.79 Å². The Morgan fingerprint density at radius 2 is 2.11 bits per heavy atom. The van der Waals surface area contributed by atoms with Crippen LogP contribution in [0.25, 0.3) is 0 Å². The van der Waals surface area contributed by atoms with Crippen LogP contribution in [0, 0.1) is 11.3 Å². The number of amides is 1. The SMILES string of the molecule is CC(C)(C)NC(=O)CNCc1ccc(C#N)cc1Cl. The number of carbonyl (C=O) groups is 1. The molecule has 1 aromatic carbocycles. The maximum Gasteiger partial charge on any atom is 0.234 e. The van der Waals surface area contributed by atoms with Crippen LogP contribution >= 0.6 is 11.6 Å². The van der Waals surface area contributed by atoms with Crippen LogP contribution in [0.1, 0.15) is 31.9 Å². The summed E-state index contributed by atoms with van der Waals surface area (Å²) in [5.74, 6) is -0.0581.